The Hall–Kier alpha value is -3.60. The van der Waals surface area contributed by atoms with Crippen LogP contribution in [0.4, 0.5) is 0 Å². The number of nitrogens with zero attached hydrogens (tertiary/aromatic N) is 1. The fraction of sp³-hybridized carbons (Fsp3) is 0. The number of hydrogen-bond acceptors (Lipinski definition) is 2. The molecule has 4 aromatic carbocycles. The summed E-state index contributed by atoms with van der Waals surface area (Å²) in [5.41, 5.74) is 6.41. The fourth-order valence-corrected chi connectivity index (χ4v) is 8.59. The molecule has 0 aliphatic carbocycles. The number of aromatic amines is 1. The Labute approximate surface area is 189 Å². The van der Waals surface area contributed by atoms with E-state index in [9.17, 15) is 0 Å². The lowest BCUT2D eigenvalue weighted by Gasteiger charge is -2.01. The second-order valence-electron chi connectivity index (χ2n) is 8.63. The number of H-pyrrole nitrogens is 1. The van der Waals surface area contributed by atoms with Crippen molar-refractivity contribution in [2.24, 2.45) is 0 Å². The zero-order valence-electron chi connectivity index (χ0n) is 16.8. The molecule has 0 bridgehead atoms. The Bertz CT molecular complexity index is 2200. The quantitative estimate of drug-likeness (QED) is 0.242. The Morgan fingerprint density at radius 3 is 2.31 bits per heavy atom. The Morgan fingerprint density at radius 2 is 1.34 bits per heavy atom. The number of hydrogen-bond donors (Lipinski definition) is 1. The van der Waals surface area contributed by atoms with E-state index in [0.29, 0.717) is 0 Å². The van der Waals surface area contributed by atoms with Gasteiger partial charge in [-0.25, -0.2) is 0 Å². The molecule has 9 aromatic rings. The zero-order chi connectivity index (χ0) is 20.6. The van der Waals surface area contributed by atoms with Gasteiger partial charge in [0.05, 0.1) is 30.6 Å². The Balaban J connectivity index is 1.75. The first-order valence-electron chi connectivity index (χ1n) is 10.8. The monoisotopic (exact) mass is 442 g/mol. The lowest BCUT2D eigenvalue weighted by atomic mass is 10.0. The Morgan fingerprint density at radius 1 is 0.531 bits per heavy atom. The summed E-state index contributed by atoms with van der Waals surface area (Å²) in [7, 11) is 0. The van der Waals surface area contributed by atoms with Crippen molar-refractivity contribution in [1.82, 2.24) is 9.38 Å². The van der Waals surface area contributed by atoms with Crippen molar-refractivity contribution in [3.05, 3.63) is 78.9 Å². The number of rotatable bonds is 0. The predicted octanol–water partition coefficient (Wildman–Crippen LogP) is 8.90. The highest BCUT2D eigenvalue weighted by atomic mass is 32.1. The number of fused-ring (bicyclic) bond motifs is 10. The van der Waals surface area contributed by atoms with Crippen molar-refractivity contribution < 1.29 is 0 Å². The van der Waals surface area contributed by atoms with Crippen LogP contribution in [0.5, 0.6) is 0 Å². The number of aromatic nitrogens is 2. The molecule has 0 aliphatic heterocycles. The smallest absolute Gasteiger partial charge is 0.0829 e. The maximum absolute atomic E-state index is 3.69. The first kappa shape index (κ1) is 16.1. The molecule has 2 nitrogen and oxygen atoms in total. The molecule has 0 saturated carbocycles. The first-order valence-corrected chi connectivity index (χ1v) is 12.4. The largest absolute Gasteiger partial charge is 0.354 e. The molecule has 0 fully saturated rings. The summed E-state index contributed by atoms with van der Waals surface area (Å²) < 4.78 is 8.15. The van der Waals surface area contributed by atoms with E-state index >= 15 is 0 Å². The normalized spacial score (nSPS) is 13.0. The van der Waals surface area contributed by atoms with Crippen LogP contribution in [0.1, 0.15) is 0 Å². The van der Waals surface area contributed by atoms with E-state index in [0.717, 1.165) is 0 Å². The van der Waals surface area contributed by atoms with E-state index in [1.54, 1.807) is 0 Å². The van der Waals surface area contributed by atoms with Gasteiger partial charge >= 0.3 is 0 Å². The summed E-state index contributed by atoms with van der Waals surface area (Å²) >= 11 is 3.88. The summed E-state index contributed by atoms with van der Waals surface area (Å²) in [6.07, 6.45) is 0. The van der Waals surface area contributed by atoms with Crippen molar-refractivity contribution >= 4 is 101 Å². The van der Waals surface area contributed by atoms with Gasteiger partial charge in [-0.3, -0.25) is 0 Å². The standard InChI is InChI=1S/C28H14N2S2/c1-3-10-20-14(6-1)15-8-5-9-18-22(15)23-19(29-18)13-12-17-24(23)30(20)25-26(17)32-27-16-7-2-4-11-21(16)31-28(25)27/h1-13,29H. The van der Waals surface area contributed by atoms with Gasteiger partial charge < -0.3 is 9.38 Å². The third-order valence-corrected chi connectivity index (χ3v) is 9.63. The molecule has 0 atom stereocenters. The van der Waals surface area contributed by atoms with Gasteiger partial charge in [-0.1, -0.05) is 48.5 Å². The molecule has 9 rings (SSSR count). The van der Waals surface area contributed by atoms with Gasteiger partial charge in [0.1, 0.15) is 0 Å². The van der Waals surface area contributed by atoms with Gasteiger partial charge in [0.15, 0.2) is 0 Å². The molecule has 32 heavy (non-hydrogen) atoms. The number of thiophene rings is 2. The molecule has 1 N–H and O–H groups in total. The molecule has 0 aliphatic rings. The minimum Gasteiger partial charge on any atom is -0.354 e. The lowest BCUT2D eigenvalue weighted by Crippen LogP contribution is -1.84. The van der Waals surface area contributed by atoms with Gasteiger partial charge in [0.2, 0.25) is 0 Å². The van der Waals surface area contributed by atoms with Crippen LogP contribution >= 0.6 is 22.7 Å². The summed E-state index contributed by atoms with van der Waals surface area (Å²) in [6.45, 7) is 0. The minimum absolute atomic E-state index is 1.21. The first-order chi connectivity index (χ1) is 15.9. The molecule has 5 aromatic heterocycles. The fourth-order valence-electron chi connectivity index (χ4n) is 5.83. The number of benzene rings is 4. The van der Waals surface area contributed by atoms with Crippen molar-refractivity contribution in [3.63, 3.8) is 0 Å². The predicted molar refractivity (Wildman–Crippen MR) is 141 cm³/mol. The van der Waals surface area contributed by atoms with Crippen LogP contribution in [-0.2, 0) is 0 Å². The topological polar surface area (TPSA) is 20.2 Å². The molecule has 4 heteroatoms. The summed E-state index contributed by atoms with van der Waals surface area (Å²) in [6, 6.07) is 29.0. The van der Waals surface area contributed by atoms with Crippen LogP contribution in [0, 0.1) is 0 Å². The van der Waals surface area contributed by atoms with Gasteiger partial charge in [0.25, 0.3) is 0 Å². The van der Waals surface area contributed by atoms with E-state index < -0.39 is 0 Å². The van der Waals surface area contributed by atoms with E-state index in [2.05, 4.69) is 88.2 Å². The highest BCUT2D eigenvalue weighted by Crippen LogP contribution is 2.50. The lowest BCUT2D eigenvalue weighted by molar-refractivity contribution is 1.37. The summed E-state index contributed by atoms with van der Waals surface area (Å²) in [5, 5.41) is 8.05. The molecule has 0 saturated heterocycles. The van der Waals surface area contributed by atoms with Crippen molar-refractivity contribution in [2.75, 3.05) is 0 Å². The summed E-state index contributed by atoms with van der Waals surface area (Å²) in [5.74, 6) is 0. The second-order valence-corrected chi connectivity index (χ2v) is 10.7. The molecule has 0 radical (unpaired) electrons. The molecule has 0 amide bonds. The van der Waals surface area contributed by atoms with Crippen LogP contribution in [0.15, 0.2) is 78.9 Å². The third-order valence-electron chi connectivity index (χ3n) is 7.07. The maximum Gasteiger partial charge on any atom is 0.0829 e. The molecular formula is C28H14N2S2. The average molecular weight is 443 g/mol. The van der Waals surface area contributed by atoms with Crippen LogP contribution in [0.2, 0.25) is 0 Å². The van der Waals surface area contributed by atoms with Crippen LogP contribution in [0.25, 0.3) is 78.7 Å². The SMILES string of the molecule is c1ccc2c(c1)sc1c2sc2c3ccc4[nH]c5cccc6c7ccccc7n(c21)c3c4c56. The third kappa shape index (κ3) is 1.66. The molecule has 5 heterocycles. The number of nitrogens with one attached hydrogen (secondary N) is 1. The van der Waals surface area contributed by atoms with E-state index in [1.165, 1.54) is 78.7 Å². The molecular weight excluding hydrogens is 428 g/mol. The van der Waals surface area contributed by atoms with Crippen molar-refractivity contribution in [2.45, 2.75) is 0 Å². The summed E-state index contributed by atoms with van der Waals surface area (Å²) in [4.78, 5) is 3.69. The molecule has 148 valence electrons. The van der Waals surface area contributed by atoms with Crippen LogP contribution < -0.4 is 0 Å². The molecule has 0 spiro atoms. The van der Waals surface area contributed by atoms with E-state index in [1.807, 2.05) is 22.7 Å². The average Bonchev–Trinajstić information content (AvgIpc) is 3.53. The van der Waals surface area contributed by atoms with Crippen molar-refractivity contribution in [3.8, 4) is 0 Å². The second kappa shape index (κ2) is 5.23. The van der Waals surface area contributed by atoms with E-state index in [-0.39, 0.29) is 0 Å². The van der Waals surface area contributed by atoms with Crippen LogP contribution in [0.3, 0.4) is 0 Å². The van der Waals surface area contributed by atoms with Gasteiger partial charge in [-0.15, -0.1) is 22.7 Å². The van der Waals surface area contributed by atoms with E-state index in [4.69, 9.17) is 0 Å². The molecule has 0 unspecified atom stereocenters. The zero-order valence-corrected chi connectivity index (χ0v) is 18.4. The van der Waals surface area contributed by atoms with Gasteiger partial charge in [-0.05, 0) is 35.7 Å². The van der Waals surface area contributed by atoms with Crippen LogP contribution in [-0.4, -0.2) is 9.38 Å². The maximum atomic E-state index is 3.69. The minimum atomic E-state index is 1.21. The van der Waals surface area contributed by atoms with Gasteiger partial charge in [0, 0.05) is 42.7 Å². The highest BCUT2D eigenvalue weighted by Gasteiger charge is 2.23. The van der Waals surface area contributed by atoms with Gasteiger partial charge in [-0.2, -0.15) is 0 Å². The highest BCUT2D eigenvalue weighted by molar-refractivity contribution is 7.37. The Kier molecular flexibility index (Phi) is 2.63. The van der Waals surface area contributed by atoms with Crippen molar-refractivity contribution in [1.29, 1.82) is 0 Å². The number of para-hydroxylation sites is 1.